The van der Waals surface area contributed by atoms with E-state index in [-0.39, 0.29) is 23.1 Å². The van der Waals surface area contributed by atoms with Gasteiger partial charge >= 0.3 is 0 Å². The molecule has 1 fully saturated rings. The van der Waals surface area contributed by atoms with E-state index in [0.717, 1.165) is 44.2 Å². The average Bonchev–Trinajstić information content (AvgIpc) is 3.06. The third-order valence-electron chi connectivity index (χ3n) is 5.79. The van der Waals surface area contributed by atoms with Crippen LogP contribution in [0.4, 0.5) is 4.39 Å². The molecule has 3 heterocycles. The van der Waals surface area contributed by atoms with Gasteiger partial charge in [0.25, 0.3) is 0 Å². The molecule has 0 bridgehead atoms. The van der Waals surface area contributed by atoms with E-state index in [1.54, 1.807) is 16.8 Å². The standard InChI is InChI=1S/C19H24FN5O2/c20-15-5-3-4-14(12-15)19(7-10-27-11-8-19)13-21-18(26)16-6-1-2-9-25-17(16)22-23-24-25/h3-5,12,16H,1-2,6-11,13H2,(H,21,26)/t16-/m1/s1. The number of tetrazole rings is 1. The van der Waals surface area contributed by atoms with Gasteiger partial charge in [0.05, 0.1) is 5.92 Å². The SMILES string of the molecule is O=C(NCC1(c2cccc(F)c2)CCOCC1)[C@@H]1CCCCn2nnnc21. The van der Waals surface area contributed by atoms with Crippen LogP contribution in [0.1, 0.15) is 49.4 Å². The minimum absolute atomic E-state index is 0.0600. The predicted octanol–water partition coefficient (Wildman–Crippen LogP) is 1.94. The van der Waals surface area contributed by atoms with Crippen molar-refractivity contribution in [1.29, 1.82) is 0 Å². The number of amides is 1. The Kier molecular flexibility index (Phi) is 5.15. The van der Waals surface area contributed by atoms with Crippen LogP contribution in [0, 0.1) is 5.82 Å². The van der Waals surface area contributed by atoms with Gasteiger partial charge in [0.2, 0.25) is 5.91 Å². The molecule has 1 atom stereocenters. The first-order valence-electron chi connectivity index (χ1n) is 9.56. The molecule has 1 aromatic carbocycles. The van der Waals surface area contributed by atoms with E-state index in [9.17, 15) is 9.18 Å². The number of aryl methyl sites for hydroxylation is 1. The van der Waals surface area contributed by atoms with Crippen molar-refractivity contribution in [3.8, 4) is 0 Å². The van der Waals surface area contributed by atoms with Crippen molar-refractivity contribution in [3.05, 3.63) is 41.5 Å². The lowest BCUT2D eigenvalue weighted by atomic mass is 9.74. The predicted molar refractivity (Wildman–Crippen MR) is 95.5 cm³/mol. The van der Waals surface area contributed by atoms with E-state index in [0.29, 0.717) is 25.6 Å². The Hall–Kier alpha value is -2.35. The lowest BCUT2D eigenvalue weighted by Gasteiger charge is -2.38. The Morgan fingerprint density at radius 3 is 3.00 bits per heavy atom. The molecule has 8 heteroatoms. The Bertz CT molecular complexity index is 803. The summed E-state index contributed by atoms with van der Waals surface area (Å²) in [7, 11) is 0. The molecule has 1 saturated heterocycles. The van der Waals surface area contributed by atoms with E-state index in [1.165, 1.54) is 6.07 Å². The van der Waals surface area contributed by atoms with Crippen molar-refractivity contribution >= 4 is 5.91 Å². The van der Waals surface area contributed by atoms with Gasteiger partial charge in [-0.05, 0) is 53.8 Å². The van der Waals surface area contributed by atoms with Gasteiger partial charge in [-0.25, -0.2) is 9.07 Å². The van der Waals surface area contributed by atoms with E-state index in [2.05, 4.69) is 20.8 Å². The van der Waals surface area contributed by atoms with Crippen molar-refractivity contribution in [2.75, 3.05) is 19.8 Å². The normalized spacial score (nSPS) is 21.9. The molecular formula is C19H24FN5O2. The van der Waals surface area contributed by atoms with Crippen molar-refractivity contribution < 1.29 is 13.9 Å². The Morgan fingerprint density at radius 1 is 1.33 bits per heavy atom. The number of benzene rings is 1. The summed E-state index contributed by atoms with van der Waals surface area (Å²) in [4.78, 5) is 13.0. The molecule has 4 rings (SSSR count). The summed E-state index contributed by atoms with van der Waals surface area (Å²) in [6, 6.07) is 6.68. The second kappa shape index (κ2) is 7.72. The summed E-state index contributed by atoms with van der Waals surface area (Å²) < 4.78 is 21.1. The Balaban J connectivity index is 1.52. The smallest absolute Gasteiger partial charge is 0.230 e. The largest absolute Gasteiger partial charge is 0.381 e. The van der Waals surface area contributed by atoms with Gasteiger partial charge in [0.15, 0.2) is 5.82 Å². The highest BCUT2D eigenvalue weighted by atomic mass is 19.1. The van der Waals surface area contributed by atoms with Crippen LogP contribution < -0.4 is 5.32 Å². The zero-order chi connectivity index (χ0) is 18.7. The molecule has 1 amide bonds. The van der Waals surface area contributed by atoms with Crippen LogP contribution in [0.15, 0.2) is 24.3 Å². The monoisotopic (exact) mass is 373 g/mol. The molecule has 7 nitrogen and oxygen atoms in total. The molecule has 2 aliphatic heterocycles. The molecule has 0 aliphatic carbocycles. The van der Waals surface area contributed by atoms with E-state index < -0.39 is 0 Å². The van der Waals surface area contributed by atoms with Crippen LogP contribution >= 0.6 is 0 Å². The maximum atomic E-state index is 13.8. The molecule has 2 aliphatic rings. The van der Waals surface area contributed by atoms with Crippen LogP contribution in [0.3, 0.4) is 0 Å². The highest BCUT2D eigenvalue weighted by Gasteiger charge is 2.36. The molecule has 1 N–H and O–H groups in total. The van der Waals surface area contributed by atoms with Crippen LogP contribution in [0.25, 0.3) is 0 Å². The molecular weight excluding hydrogens is 349 g/mol. The molecule has 2 aromatic rings. The van der Waals surface area contributed by atoms with Gasteiger partial charge in [-0.1, -0.05) is 18.6 Å². The maximum absolute atomic E-state index is 13.8. The summed E-state index contributed by atoms with van der Waals surface area (Å²) in [5.41, 5.74) is 0.601. The molecule has 0 spiro atoms. The molecule has 1 aromatic heterocycles. The fourth-order valence-corrected chi connectivity index (χ4v) is 4.14. The van der Waals surface area contributed by atoms with Gasteiger partial charge in [-0.2, -0.15) is 0 Å². The number of carbonyl (C=O) groups is 1. The molecule has 144 valence electrons. The number of rotatable bonds is 4. The Labute approximate surface area is 157 Å². The second-order valence-electron chi connectivity index (χ2n) is 7.43. The van der Waals surface area contributed by atoms with Gasteiger partial charge in [-0.3, -0.25) is 4.79 Å². The van der Waals surface area contributed by atoms with E-state index >= 15 is 0 Å². The first-order valence-corrected chi connectivity index (χ1v) is 9.56. The van der Waals surface area contributed by atoms with Crippen LogP contribution in [0.5, 0.6) is 0 Å². The van der Waals surface area contributed by atoms with Crippen molar-refractivity contribution in [1.82, 2.24) is 25.5 Å². The zero-order valence-corrected chi connectivity index (χ0v) is 15.2. The number of hydrogen-bond acceptors (Lipinski definition) is 5. The number of ether oxygens (including phenoxy) is 1. The number of fused-ring (bicyclic) bond motifs is 1. The number of hydrogen-bond donors (Lipinski definition) is 1. The number of nitrogens with zero attached hydrogens (tertiary/aromatic N) is 4. The first kappa shape index (κ1) is 18.0. The van der Waals surface area contributed by atoms with Crippen molar-refractivity contribution in [2.45, 2.75) is 50.0 Å². The van der Waals surface area contributed by atoms with Crippen LogP contribution in [-0.2, 0) is 21.5 Å². The fraction of sp³-hybridized carbons (Fsp3) is 0.579. The summed E-state index contributed by atoms with van der Waals surface area (Å²) in [5.74, 6) is -0.0217. The van der Waals surface area contributed by atoms with Crippen LogP contribution in [0.2, 0.25) is 0 Å². The highest BCUT2D eigenvalue weighted by Crippen LogP contribution is 2.35. The third-order valence-corrected chi connectivity index (χ3v) is 5.79. The zero-order valence-electron chi connectivity index (χ0n) is 15.2. The third kappa shape index (κ3) is 3.71. The van der Waals surface area contributed by atoms with Crippen LogP contribution in [-0.4, -0.2) is 45.9 Å². The molecule has 0 unspecified atom stereocenters. The molecule has 0 radical (unpaired) electrons. The fourth-order valence-electron chi connectivity index (χ4n) is 4.14. The quantitative estimate of drug-likeness (QED) is 0.886. The van der Waals surface area contributed by atoms with E-state index in [4.69, 9.17) is 4.74 Å². The summed E-state index contributed by atoms with van der Waals surface area (Å²) in [5, 5.41) is 14.9. The number of carbonyl (C=O) groups excluding carboxylic acids is 1. The van der Waals surface area contributed by atoms with Gasteiger partial charge < -0.3 is 10.1 Å². The molecule has 0 saturated carbocycles. The number of nitrogens with one attached hydrogen (secondary N) is 1. The number of halogens is 1. The molecule has 27 heavy (non-hydrogen) atoms. The Morgan fingerprint density at radius 2 is 2.19 bits per heavy atom. The van der Waals surface area contributed by atoms with Gasteiger partial charge in [0, 0.05) is 31.7 Å². The topological polar surface area (TPSA) is 81.9 Å². The highest BCUT2D eigenvalue weighted by molar-refractivity contribution is 5.82. The lowest BCUT2D eigenvalue weighted by Crippen LogP contribution is -2.46. The lowest BCUT2D eigenvalue weighted by molar-refractivity contribution is -0.123. The minimum atomic E-state index is -0.341. The summed E-state index contributed by atoms with van der Waals surface area (Å²) in [6.45, 7) is 2.41. The summed E-state index contributed by atoms with van der Waals surface area (Å²) >= 11 is 0. The van der Waals surface area contributed by atoms with Crippen molar-refractivity contribution in [3.63, 3.8) is 0 Å². The van der Waals surface area contributed by atoms with E-state index in [1.807, 2.05) is 6.07 Å². The maximum Gasteiger partial charge on any atom is 0.230 e. The number of aromatic nitrogens is 4. The summed E-state index contributed by atoms with van der Waals surface area (Å²) in [6.07, 6.45) is 4.15. The average molecular weight is 373 g/mol. The minimum Gasteiger partial charge on any atom is -0.381 e. The van der Waals surface area contributed by atoms with Gasteiger partial charge in [0.1, 0.15) is 5.82 Å². The first-order chi connectivity index (χ1) is 13.2. The van der Waals surface area contributed by atoms with Crippen molar-refractivity contribution in [2.24, 2.45) is 0 Å². The second-order valence-corrected chi connectivity index (χ2v) is 7.43. The van der Waals surface area contributed by atoms with Gasteiger partial charge in [-0.15, -0.1) is 5.10 Å².